The van der Waals surface area contributed by atoms with E-state index in [0.29, 0.717) is 10.2 Å². The normalized spacial score (nSPS) is 24.7. The fourth-order valence-corrected chi connectivity index (χ4v) is 5.74. The van der Waals surface area contributed by atoms with Crippen LogP contribution in [0.1, 0.15) is 58.3 Å². The molecule has 4 nitrogen and oxygen atoms in total. The van der Waals surface area contributed by atoms with Gasteiger partial charge in [-0.3, -0.25) is 4.99 Å². The number of aliphatic imine (C=N–C) groups is 1. The molecule has 0 bridgehead atoms. The van der Waals surface area contributed by atoms with E-state index in [1.165, 1.54) is 57.2 Å². The lowest BCUT2D eigenvalue weighted by atomic mass is 9.87. The fraction of sp³-hybridized carbons (Fsp3) is 0.947. The zero-order chi connectivity index (χ0) is 16.9. The molecule has 3 rings (SSSR count). The molecular weight excluding hydrogens is 445 g/mol. The van der Waals surface area contributed by atoms with Gasteiger partial charge in [0.1, 0.15) is 0 Å². The number of hydrogen-bond acceptors (Lipinski definition) is 3. The molecule has 0 radical (unpaired) electrons. The average Bonchev–Trinajstić information content (AvgIpc) is 3.38. The molecule has 6 heteroatoms. The minimum Gasteiger partial charge on any atom is -0.385 e. The summed E-state index contributed by atoms with van der Waals surface area (Å²) in [6.45, 7) is 7.31. The predicted molar refractivity (Wildman–Crippen MR) is 119 cm³/mol. The second-order valence-electron chi connectivity index (χ2n) is 7.93. The second-order valence-corrected chi connectivity index (χ2v) is 9.49. The van der Waals surface area contributed by atoms with Gasteiger partial charge >= 0.3 is 0 Å². The molecule has 0 amide bonds. The van der Waals surface area contributed by atoms with Crippen molar-refractivity contribution >= 4 is 41.7 Å². The first-order chi connectivity index (χ1) is 11.7. The van der Waals surface area contributed by atoms with Crippen molar-refractivity contribution in [2.24, 2.45) is 10.4 Å². The number of methoxy groups -OCH3 is 1. The molecule has 1 aliphatic heterocycles. The molecule has 0 unspecified atom stereocenters. The van der Waals surface area contributed by atoms with Crippen LogP contribution < -0.4 is 5.32 Å². The fourth-order valence-electron chi connectivity index (χ4n) is 4.18. The van der Waals surface area contributed by atoms with Gasteiger partial charge in [0.2, 0.25) is 0 Å². The van der Waals surface area contributed by atoms with Crippen molar-refractivity contribution in [3.8, 4) is 0 Å². The van der Waals surface area contributed by atoms with Gasteiger partial charge in [-0.25, -0.2) is 0 Å². The van der Waals surface area contributed by atoms with Crippen molar-refractivity contribution in [3.05, 3.63) is 0 Å². The number of thioether (sulfide) groups is 1. The maximum Gasteiger partial charge on any atom is 0.194 e. The van der Waals surface area contributed by atoms with Crippen LogP contribution in [-0.2, 0) is 4.74 Å². The number of ether oxygens (including phenoxy) is 1. The molecule has 0 atom stereocenters. The van der Waals surface area contributed by atoms with E-state index in [2.05, 4.69) is 28.9 Å². The Morgan fingerprint density at radius 3 is 2.60 bits per heavy atom. The Labute approximate surface area is 175 Å². The Kier molecular flexibility index (Phi) is 8.66. The Morgan fingerprint density at radius 2 is 1.96 bits per heavy atom. The highest BCUT2D eigenvalue weighted by molar-refractivity contribution is 14.0. The summed E-state index contributed by atoms with van der Waals surface area (Å²) in [6, 6.07) is 0. The van der Waals surface area contributed by atoms with Crippen molar-refractivity contribution in [2.45, 2.75) is 63.0 Å². The Bertz CT molecular complexity index is 431. The molecule has 1 saturated heterocycles. The van der Waals surface area contributed by atoms with E-state index in [1.807, 2.05) is 0 Å². The van der Waals surface area contributed by atoms with E-state index in [4.69, 9.17) is 9.73 Å². The van der Waals surface area contributed by atoms with Crippen molar-refractivity contribution in [1.29, 1.82) is 0 Å². The zero-order valence-corrected chi connectivity index (χ0v) is 19.2. The van der Waals surface area contributed by atoms with Gasteiger partial charge in [-0.2, -0.15) is 11.8 Å². The maximum absolute atomic E-state index is 5.29. The predicted octanol–water partition coefficient (Wildman–Crippen LogP) is 4.14. The summed E-state index contributed by atoms with van der Waals surface area (Å²) in [5.41, 5.74) is 0.434. The Balaban J connectivity index is 0.00000225. The molecule has 1 N–H and O–H groups in total. The summed E-state index contributed by atoms with van der Waals surface area (Å²) < 4.78 is 5.79. The van der Waals surface area contributed by atoms with Crippen LogP contribution in [0.25, 0.3) is 0 Å². The van der Waals surface area contributed by atoms with Crippen molar-refractivity contribution in [1.82, 2.24) is 10.2 Å². The van der Waals surface area contributed by atoms with Crippen molar-refractivity contribution in [3.63, 3.8) is 0 Å². The van der Waals surface area contributed by atoms with Gasteiger partial charge in [0.25, 0.3) is 0 Å². The lowest BCUT2D eigenvalue weighted by molar-refractivity contribution is 0.174. The molecule has 1 heterocycles. The van der Waals surface area contributed by atoms with Gasteiger partial charge in [-0.1, -0.05) is 19.3 Å². The highest BCUT2D eigenvalue weighted by Crippen LogP contribution is 2.49. The Hall–Kier alpha value is 0.310. The Morgan fingerprint density at radius 1 is 1.20 bits per heavy atom. The van der Waals surface area contributed by atoms with Gasteiger partial charge in [-0.05, 0) is 44.4 Å². The third-order valence-corrected chi connectivity index (χ3v) is 7.54. The van der Waals surface area contributed by atoms with Gasteiger partial charge in [0, 0.05) is 50.4 Å². The van der Waals surface area contributed by atoms with Crippen LogP contribution in [0, 0.1) is 5.41 Å². The highest BCUT2D eigenvalue weighted by atomic mass is 127. The van der Waals surface area contributed by atoms with Gasteiger partial charge in [-0.15, -0.1) is 24.0 Å². The largest absolute Gasteiger partial charge is 0.385 e. The number of hydrogen-bond donors (Lipinski definition) is 1. The molecule has 146 valence electrons. The van der Waals surface area contributed by atoms with Crippen LogP contribution in [-0.4, -0.2) is 61.3 Å². The third-order valence-electron chi connectivity index (χ3n) is 6.01. The molecule has 3 fully saturated rings. The van der Waals surface area contributed by atoms with Crippen LogP contribution in [0.2, 0.25) is 0 Å². The standard InChI is InChI=1S/C19H35N3OS.HI/c1-3-20-17(21-15-18(9-10-18)11-13-23-2)22-12-14-24-19(16-22)7-5-4-6-8-19;/h3-16H2,1-2H3,(H,20,21);1H. The van der Waals surface area contributed by atoms with E-state index < -0.39 is 0 Å². The molecule has 2 aliphatic carbocycles. The van der Waals surface area contributed by atoms with Crippen molar-refractivity contribution < 1.29 is 4.74 Å². The van der Waals surface area contributed by atoms with Gasteiger partial charge < -0.3 is 15.0 Å². The monoisotopic (exact) mass is 481 g/mol. The molecule has 1 spiro atoms. The van der Waals surface area contributed by atoms with Gasteiger partial charge in [0.15, 0.2) is 5.96 Å². The van der Waals surface area contributed by atoms with Crippen molar-refractivity contribution in [2.75, 3.05) is 45.6 Å². The number of rotatable bonds is 6. The van der Waals surface area contributed by atoms with E-state index >= 15 is 0 Å². The summed E-state index contributed by atoms with van der Waals surface area (Å²) >= 11 is 2.23. The summed E-state index contributed by atoms with van der Waals surface area (Å²) in [5, 5.41) is 3.57. The number of guanidine groups is 1. The number of nitrogens with one attached hydrogen (secondary N) is 1. The SMILES string of the molecule is CCNC(=NCC1(CCOC)CC1)N1CCSC2(CCCCC2)C1.I. The van der Waals surface area contributed by atoms with Crippen LogP contribution in [0.4, 0.5) is 0 Å². The summed E-state index contributed by atoms with van der Waals surface area (Å²) in [4.78, 5) is 7.62. The van der Waals surface area contributed by atoms with Crippen LogP contribution in [0.5, 0.6) is 0 Å². The smallest absolute Gasteiger partial charge is 0.194 e. The molecule has 3 aliphatic rings. The number of nitrogens with zero attached hydrogens (tertiary/aromatic N) is 2. The molecule has 2 saturated carbocycles. The molecule has 0 aromatic rings. The van der Waals surface area contributed by atoms with Gasteiger partial charge in [0.05, 0.1) is 0 Å². The summed E-state index contributed by atoms with van der Waals surface area (Å²) in [6.07, 6.45) is 10.8. The van der Waals surface area contributed by atoms with Crippen LogP contribution in [0.15, 0.2) is 4.99 Å². The van der Waals surface area contributed by atoms with Crippen LogP contribution in [0.3, 0.4) is 0 Å². The minimum atomic E-state index is 0. The quantitative estimate of drug-likeness (QED) is 0.352. The molecule has 25 heavy (non-hydrogen) atoms. The molecular formula is C19H36IN3OS. The first-order valence-corrected chi connectivity index (χ1v) is 10.9. The minimum absolute atomic E-state index is 0. The van der Waals surface area contributed by atoms with Crippen LogP contribution >= 0.6 is 35.7 Å². The van der Waals surface area contributed by atoms with E-state index in [1.54, 1.807) is 7.11 Å². The van der Waals surface area contributed by atoms with E-state index in [-0.39, 0.29) is 24.0 Å². The number of halogens is 1. The average molecular weight is 481 g/mol. The first kappa shape index (κ1) is 21.6. The lowest BCUT2D eigenvalue weighted by Crippen LogP contribution is -2.53. The zero-order valence-electron chi connectivity index (χ0n) is 16.0. The first-order valence-electron chi connectivity index (χ1n) is 9.87. The second kappa shape index (κ2) is 10.0. The lowest BCUT2D eigenvalue weighted by Gasteiger charge is -2.45. The molecule has 0 aromatic heterocycles. The summed E-state index contributed by atoms with van der Waals surface area (Å²) in [5.74, 6) is 2.41. The topological polar surface area (TPSA) is 36.9 Å². The van der Waals surface area contributed by atoms with E-state index in [0.717, 1.165) is 38.6 Å². The molecule has 0 aromatic carbocycles. The summed E-state index contributed by atoms with van der Waals surface area (Å²) in [7, 11) is 1.80. The van der Waals surface area contributed by atoms with E-state index in [9.17, 15) is 0 Å². The third kappa shape index (κ3) is 5.89. The maximum atomic E-state index is 5.29. The highest BCUT2D eigenvalue weighted by Gasteiger charge is 2.42.